The zero-order chi connectivity index (χ0) is 13.8. The van der Waals surface area contributed by atoms with E-state index < -0.39 is 0 Å². The number of carbonyl (C=O) groups is 1. The lowest BCUT2D eigenvalue weighted by molar-refractivity contribution is 0.194. The maximum atomic E-state index is 11.9. The molecule has 1 heterocycles. The Morgan fingerprint density at radius 3 is 2.68 bits per heavy atom. The normalized spacial score (nSPS) is 16.9. The lowest BCUT2D eigenvalue weighted by Gasteiger charge is -2.24. The van der Waals surface area contributed by atoms with E-state index in [0.29, 0.717) is 6.54 Å². The van der Waals surface area contributed by atoms with E-state index >= 15 is 0 Å². The number of carbonyl (C=O) groups excluding carboxylic acids is 1. The Bertz CT molecular complexity index is 450. The summed E-state index contributed by atoms with van der Waals surface area (Å²) >= 11 is 0. The van der Waals surface area contributed by atoms with Crippen LogP contribution in [0.25, 0.3) is 0 Å². The number of methoxy groups -OCH3 is 1. The van der Waals surface area contributed by atoms with Crippen molar-refractivity contribution in [2.24, 2.45) is 0 Å². The van der Waals surface area contributed by atoms with Crippen molar-refractivity contribution in [3.05, 3.63) is 29.8 Å². The molecule has 1 unspecified atom stereocenters. The molecule has 0 aromatic heterocycles. The average Bonchev–Trinajstić information content (AvgIpc) is 2.76. The molecule has 1 N–H and O–H groups in total. The summed E-state index contributed by atoms with van der Waals surface area (Å²) in [6, 6.07) is 8.08. The van der Waals surface area contributed by atoms with Gasteiger partial charge in [0.25, 0.3) is 0 Å². The predicted molar refractivity (Wildman–Crippen MR) is 74.4 cm³/mol. The number of hydrogen-bond acceptors (Lipinski definition) is 3. The van der Waals surface area contributed by atoms with E-state index in [0.717, 1.165) is 24.4 Å². The van der Waals surface area contributed by atoms with Gasteiger partial charge in [-0.3, -0.25) is 0 Å². The molecule has 5 heteroatoms. The SMILES string of the molecule is CNC(CN1CCN(C)C1=O)c1ccccc1OC. The molecule has 1 fully saturated rings. The van der Waals surface area contributed by atoms with Crippen LogP contribution in [-0.4, -0.2) is 56.7 Å². The smallest absolute Gasteiger partial charge is 0.319 e. The fraction of sp³-hybridized carbons (Fsp3) is 0.500. The third-order valence-corrected chi connectivity index (χ3v) is 3.57. The highest BCUT2D eigenvalue weighted by Gasteiger charge is 2.28. The molecule has 1 atom stereocenters. The summed E-state index contributed by atoms with van der Waals surface area (Å²) in [5.41, 5.74) is 1.08. The Balaban J connectivity index is 2.14. The van der Waals surface area contributed by atoms with Gasteiger partial charge in [0.15, 0.2) is 0 Å². The fourth-order valence-corrected chi connectivity index (χ4v) is 2.39. The van der Waals surface area contributed by atoms with E-state index in [1.165, 1.54) is 0 Å². The number of amides is 2. The van der Waals surface area contributed by atoms with Crippen LogP contribution in [0.3, 0.4) is 0 Å². The number of benzene rings is 1. The van der Waals surface area contributed by atoms with Crippen LogP contribution in [0.15, 0.2) is 24.3 Å². The monoisotopic (exact) mass is 263 g/mol. The van der Waals surface area contributed by atoms with Gasteiger partial charge in [-0.05, 0) is 13.1 Å². The molecule has 1 aliphatic rings. The van der Waals surface area contributed by atoms with Crippen molar-refractivity contribution in [3.63, 3.8) is 0 Å². The Hall–Kier alpha value is -1.75. The molecule has 0 aliphatic carbocycles. The van der Waals surface area contributed by atoms with E-state index in [4.69, 9.17) is 4.74 Å². The Labute approximate surface area is 114 Å². The zero-order valence-corrected chi connectivity index (χ0v) is 11.7. The van der Waals surface area contributed by atoms with Gasteiger partial charge in [-0.2, -0.15) is 0 Å². The van der Waals surface area contributed by atoms with Crippen molar-refractivity contribution in [1.82, 2.24) is 15.1 Å². The quantitative estimate of drug-likeness (QED) is 0.871. The van der Waals surface area contributed by atoms with Crippen molar-refractivity contribution in [2.45, 2.75) is 6.04 Å². The van der Waals surface area contributed by atoms with Crippen LogP contribution in [0.4, 0.5) is 4.79 Å². The van der Waals surface area contributed by atoms with Gasteiger partial charge in [0.2, 0.25) is 0 Å². The summed E-state index contributed by atoms with van der Waals surface area (Å²) in [7, 11) is 5.40. The van der Waals surface area contributed by atoms with E-state index in [2.05, 4.69) is 5.32 Å². The summed E-state index contributed by atoms with van der Waals surface area (Å²) in [5, 5.41) is 3.26. The number of rotatable bonds is 5. The average molecular weight is 263 g/mol. The highest BCUT2D eigenvalue weighted by Crippen LogP contribution is 2.26. The van der Waals surface area contributed by atoms with Crippen molar-refractivity contribution < 1.29 is 9.53 Å². The van der Waals surface area contributed by atoms with Gasteiger partial charge < -0.3 is 19.9 Å². The molecule has 0 bridgehead atoms. The van der Waals surface area contributed by atoms with Gasteiger partial charge in [0.1, 0.15) is 5.75 Å². The first-order valence-electron chi connectivity index (χ1n) is 6.47. The van der Waals surface area contributed by atoms with E-state index in [1.54, 1.807) is 12.0 Å². The Morgan fingerprint density at radius 2 is 2.11 bits per heavy atom. The fourth-order valence-electron chi connectivity index (χ4n) is 2.39. The minimum atomic E-state index is 0.0756. The second-order valence-electron chi connectivity index (χ2n) is 4.73. The number of hydrogen-bond donors (Lipinski definition) is 1. The summed E-state index contributed by atoms with van der Waals surface area (Å²) in [6.45, 7) is 2.23. The lowest BCUT2D eigenvalue weighted by Crippen LogP contribution is -2.36. The van der Waals surface area contributed by atoms with Crippen LogP contribution in [0.2, 0.25) is 0 Å². The molecule has 1 aliphatic heterocycles. The van der Waals surface area contributed by atoms with Gasteiger partial charge in [-0.25, -0.2) is 4.79 Å². The Morgan fingerprint density at radius 1 is 1.37 bits per heavy atom. The van der Waals surface area contributed by atoms with Crippen LogP contribution in [0.1, 0.15) is 11.6 Å². The van der Waals surface area contributed by atoms with Crippen molar-refractivity contribution in [2.75, 3.05) is 40.8 Å². The van der Waals surface area contributed by atoms with Crippen molar-refractivity contribution >= 4 is 6.03 Å². The molecular weight excluding hydrogens is 242 g/mol. The summed E-state index contributed by atoms with van der Waals surface area (Å²) in [4.78, 5) is 15.5. The molecule has 1 saturated heterocycles. The van der Waals surface area contributed by atoms with Gasteiger partial charge >= 0.3 is 6.03 Å². The maximum Gasteiger partial charge on any atom is 0.319 e. The molecule has 0 saturated carbocycles. The number of ether oxygens (including phenoxy) is 1. The molecule has 2 amide bonds. The molecule has 0 radical (unpaired) electrons. The number of nitrogens with zero attached hydrogens (tertiary/aromatic N) is 2. The number of nitrogens with one attached hydrogen (secondary N) is 1. The van der Waals surface area contributed by atoms with E-state index in [1.807, 2.05) is 43.3 Å². The topological polar surface area (TPSA) is 44.8 Å². The van der Waals surface area contributed by atoms with Crippen LogP contribution >= 0.6 is 0 Å². The molecule has 1 aromatic carbocycles. The first-order valence-corrected chi connectivity index (χ1v) is 6.47. The molecule has 1 aromatic rings. The molecule has 5 nitrogen and oxygen atoms in total. The third kappa shape index (κ3) is 2.81. The summed E-state index contributed by atoms with van der Waals surface area (Å²) in [6.07, 6.45) is 0. The van der Waals surface area contributed by atoms with Gasteiger partial charge in [0, 0.05) is 32.2 Å². The van der Waals surface area contributed by atoms with Crippen LogP contribution < -0.4 is 10.1 Å². The maximum absolute atomic E-state index is 11.9. The van der Waals surface area contributed by atoms with E-state index in [-0.39, 0.29) is 12.1 Å². The second kappa shape index (κ2) is 5.93. The zero-order valence-electron chi connectivity index (χ0n) is 11.7. The number of para-hydroxylation sites is 1. The highest BCUT2D eigenvalue weighted by molar-refractivity contribution is 5.76. The van der Waals surface area contributed by atoms with Crippen LogP contribution in [-0.2, 0) is 0 Å². The molecule has 0 spiro atoms. The minimum absolute atomic E-state index is 0.0756. The predicted octanol–water partition coefficient (Wildman–Crippen LogP) is 1.32. The number of likely N-dealkylation sites (N-methyl/N-ethyl adjacent to an activating group) is 2. The van der Waals surface area contributed by atoms with Gasteiger partial charge in [0.05, 0.1) is 13.2 Å². The summed E-state index contributed by atoms with van der Waals surface area (Å²) in [5.74, 6) is 0.849. The molecule has 104 valence electrons. The largest absolute Gasteiger partial charge is 0.496 e. The molecular formula is C14H21N3O2. The molecule has 2 rings (SSSR count). The van der Waals surface area contributed by atoms with Gasteiger partial charge in [-0.1, -0.05) is 18.2 Å². The van der Waals surface area contributed by atoms with E-state index in [9.17, 15) is 4.79 Å². The standard InChI is InChI=1S/C14H21N3O2/c1-15-12(10-17-9-8-16(2)14(17)18)11-6-4-5-7-13(11)19-3/h4-7,12,15H,8-10H2,1-3H3. The van der Waals surface area contributed by atoms with Gasteiger partial charge in [-0.15, -0.1) is 0 Å². The second-order valence-corrected chi connectivity index (χ2v) is 4.73. The lowest BCUT2D eigenvalue weighted by atomic mass is 10.1. The highest BCUT2D eigenvalue weighted by atomic mass is 16.5. The summed E-state index contributed by atoms with van der Waals surface area (Å²) < 4.78 is 5.39. The molecule has 19 heavy (non-hydrogen) atoms. The van der Waals surface area contributed by atoms with Crippen molar-refractivity contribution in [1.29, 1.82) is 0 Å². The van der Waals surface area contributed by atoms with Crippen molar-refractivity contribution in [3.8, 4) is 5.75 Å². The first kappa shape index (κ1) is 13.7. The van der Waals surface area contributed by atoms with Crippen LogP contribution in [0.5, 0.6) is 5.75 Å². The minimum Gasteiger partial charge on any atom is -0.496 e. The van der Waals surface area contributed by atoms with Crippen LogP contribution in [0, 0.1) is 0 Å². The number of urea groups is 1. The third-order valence-electron chi connectivity index (χ3n) is 3.57. The Kier molecular flexibility index (Phi) is 4.27. The first-order chi connectivity index (χ1) is 9.17.